The van der Waals surface area contributed by atoms with Gasteiger partial charge in [0.05, 0.1) is 10.5 Å². The van der Waals surface area contributed by atoms with Crippen LogP contribution >= 0.6 is 0 Å². The van der Waals surface area contributed by atoms with Crippen molar-refractivity contribution < 1.29 is 27.6 Å². The molecule has 0 saturated heterocycles. The van der Waals surface area contributed by atoms with Crippen LogP contribution in [0.4, 0.5) is 18.9 Å². The molecular weight excluding hydrogens is 303 g/mol. The van der Waals surface area contributed by atoms with Crippen LogP contribution in [0.2, 0.25) is 0 Å². The van der Waals surface area contributed by atoms with Gasteiger partial charge in [0, 0.05) is 11.6 Å². The number of nitrogens with zero attached hydrogens (tertiary/aromatic N) is 1. The second kappa shape index (κ2) is 5.84. The maximum atomic E-state index is 12.6. The van der Waals surface area contributed by atoms with E-state index in [0.717, 1.165) is 6.07 Å². The molecule has 2 rings (SSSR count). The summed E-state index contributed by atoms with van der Waals surface area (Å²) in [6, 6.07) is 7.66. The number of halogens is 3. The number of nitro groups is 1. The molecule has 0 bridgehead atoms. The van der Waals surface area contributed by atoms with Gasteiger partial charge in [0.2, 0.25) is 5.75 Å². The van der Waals surface area contributed by atoms with E-state index in [1.807, 2.05) is 0 Å². The van der Waals surface area contributed by atoms with Gasteiger partial charge < -0.3 is 4.74 Å². The van der Waals surface area contributed by atoms with Crippen LogP contribution in [0.25, 0.3) is 0 Å². The van der Waals surface area contributed by atoms with Crippen molar-refractivity contribution in [2.45, 2.75) is 6.18 Å². The first-order chi connectivity index (χ1) is 10.3. The lowest BCUT2D eigenvalue weighted by Gasteiger charge is -2.10. The Morgan fingerprint density at radius 3 is 2.45 bits per heavy atom. The van der Waals surface area contributed by atoms with Crippen molar-refractivity contribution in [3.63, 3.8) is 0 Å². The van der Waals surface area contributed by atoms with E-state index in [1.54, 1.807) is 0 Å². The van der Waals surface area contributed by atoms with Gasteiger partial charge in [-0.1, -0.05) is 12.1 Å². The Bertz CT molecular complexity index is 728. The summed E-state index contributed by atoms with van der Waals surface area (Å²) in [5.41, 5.74) is -1.69. The number of rotatable bonds is 4. The zero-order valence-electron chi connectivity index (χ0n) is 10.8. The minimum absolute atomic E-state index is 0.104. The number of ether oxygens (including phenoxy) is 1. The predicted octanol–water partition coefficient (Wildman–Crippen LogP) is 4.22. The van der Waals surface area contributed by atoms with Crippen molar-refractivity contribution >= 4 is 12.0 Å². The molecule has 8 heteroatoms. The molecule has 0 radical (unpaired) electrons. The molecule has 114 valence electrons. The quantitative estimate of drug-likeness (QED) is 0.481. The van der Waals surface area contributed by atoms with E-state index in [4.69, 9.17) is 4.74 Å². The molecular formula is C14H8F3NO4. The van der Waals surface area contributed by atoms with Gasteiger partial charge in [-0.3, -0.25) is 14.9 Å². The van der Waals surface area contributed by atoms with Crippen LogP contribution in [0.1, 0.15) is 15.9 Å². The number of carbonyl (C=O) groups is 1. The predicted molar refractivity (Wildman–Crippen MR) is 70.0 cm³/mol. The first-order valence-electron chi connectivity index (χ1n) is 5.90. The molecule has 0 saturated carbocycles. The molecule has 0 aromatic heterocycles. The molecule has 0 N–H and O–H groups in total. The fraction of sp³-hybridized carbons (Fsp3) is 0.0714. The minimum Gasteiger partial charge on any atom is -0.450 e. The Morgan fingerprint density at radius 1 is 1.14 bits per heavy atom. The third-order valence-corrected chi connectivity index (χ3v) is 2.70. The highest BCUT2D eigenvalue weighted by Gasteiger charge is 2.33. The van der Waals surface area contributed by atoms with Crippen molar-refractivity contribution in [1.82, 2.24) is 0 Å². The van der Waals surface area contributed by atoms with E-state index in [2.05, 4.69) is 0 Å². The molecule has 0 atom stereocenters. The van der Waals surface area contributed by atoms with Gasteiger partial charge in [0.25, 0.3) is 0 Å². The SMILES string of the molecule is O=Cc1cccc(Oc2ccc(C(F)(F)F)cc2[N+](=O)[O-])c1. The van der Waals surface area contributed by atoms with E-state index >= 15 is 0 Å². The highest BCUT2D eigenvalue weighted by atomic mass is 19.4. The number of hydrogen-bond donors (Lipinski definition) is 0. The Labute approximate surface area is 122 Å². The molecule has 2 aromatic rings. The van der Waals surface area contributed by atoms with Gasteiger partial charge >= 0.3 is 11.9 Å². The molecule has 5 nitrogen and oxygen atoms in total. The third kappa shape index (κ3) is 3.40. The summed E-state index contributed by atoms with van der Waals surface area (Å²) in [6.07, 6.45) is -4.14. The first kappa shape index (κ1) is 15.5. The number of nitro benzene ring substituents is 1. The zero-order valence-corrected chi connectivity index (χ0v) is 10.8. The smallest absolute Gasteiger partial charge is 0.416 e. The van der Waals surface area contributed by atoms with Crippen molar-refractivity contribution in [2.75, 3.05) is 0 Å². The molecule has 0 aliphatic carbocycles. The maximum Gasteiger partial charge on any atom is 0.416 e. The molecule has 0 unspecified atom stereocenters. The van der Waals surface area contributed by atoms with Crippen molar-refractivity contribution in [2.24, 2.45) is 0 Å². The van der Waals surface area contributed by atoms with Crippen LogP contribution in [-0.2, 0) is 6.18 Å². The van der Waals surface area contributed by atoms with Crippen LogP contribution < -0.4 is 4.74 Å². The molecule has 0 heterocycles. The first-order valence-corrected chi connectivity index (χ1v) is 5.90. The van der Waals surface area contributed by atoms with Gasteiger partial charge in [0.1, 0.15) is 12.0 Å². The van der Waals surface area contributed by atoms with Gasteiger partial charge in [-0.15, -0.1) is 0 Å². The van der Waals surface area contributed by atoms with Crippen LogP contribution in [0.15, 0.2) is 42.5 Å². The summed E-state index contributed by atoms with van der Waals surface area (Å²) >= 11 is 0. The van der Waals surface area contributed by atoms with E-state index in [1.165, 1.54) is 24.3 Å². The molecule has 0 amide bonds. The van der Waals surface area contributed by atoms with Gasteiger partial charge in [-0.2, -0.15) is 13.2 Å². The molecule has 22 heavy (non-hydrogen) atoms. The standard InChI is InChI=1S/C14H8F3NO4/c15-14(16,17)10-4-5-13(12(7-10)18(20)21)22-11-3-1-2-9(6-11)8-19/h1-8H. The summed E-state index contributed by atoms with van der Waals surface area (Å²) in [5, 5.41) is 10.9. The van der Waals surface area contributed by atoms with Crippen LogP contribution in [0.3, 0.4) is 0 Å². The Kier molecular flexibility index (Phi) is 4.11. The summed E-state index contributed by atoms with van der Waals surface area (Å²) in [4.78, 5) is 20.6. The zero-order chi connectivity index (χ0) is 16.3. The maximum absolute atomic E-state index is 12.6. The number of benzene rings is 2. The fourth-order valence-corrected chi connectivity index (χ4v) is 1.70. The second-order valence-electron chi connectivity index (χ2n) is 4.23. The average molecular weight is 311 g/mol. The highest BCUT2D eigenvalue weighted by molar-refractivity contribution is 5.75. The molecule has 0 aliphatic rings. The van der Waals surface area contributed by atoms with Crippen LogP contribution in [0, 0.1) is 10.1 Å². The number of carbonyl (C=O) groups excluding carboxylic acids is 1. The van der Waals surface area contributed by atoms with Crippen molar-refractivity contribution in [3.8, 4) is 11.5 Å². The minimum atomic E-state index is -4.69. The highest BCUT2D eigenvalue weighted by Crippen LogP contribution is 2.37. The monoisotopic (exact) mass is 311 g/mol. The van der Waals surface area contributed by atoms with E-state index in [9.17, 15) is 28.1 Å². The Morgan fingerprint density at radius 2 is 1.86 bits per heavy atom. The summed E-state index contributed by atoms with van der Waals surface area (Å²) in [5.74, 6) is -0.242. The lowest BCUT2D eigenvalue weighted by Crippen LogP contribution is -2.06. The molecule has 0 fully saturated rings. The summed E-state index contributed by atoms with van der Waals surface area (Å²) in [6.45, 7) is 0. The summed E-state index contributed by atoms with van der Waals surface area (Å²) in [7, 11) is 0. The number of hydrogen-bond acceptors (Lipinski definition) is 4. The average Bonchev–Trinajstić information content (AvgIpc) is 2.46. The van der Waals surface area contributed by atoms with Gasteiger partial charge in [-0.25, -0.2) is 0 Å². The fourth-order valence-electron chi connectivity index (χ4n) is 1.70. The lowest BCUT2D eigenvalue weighted by molar-refractivity contribution is -0.385. The van der Waals surface area contributed by atoms with Crippen molar-refractivity contribution in [1.29, 1.82) is 0 Å². The number of aldehydes is 1. The Balaban J connectivity index is 2.42. The Hall–Kier alpha value is -2.90. The van der Waals surface area contributed by atoms with Crippen LogP contribution in [0.5, 0.6) is 11.5 Å². The van der Waals surface area contributed by atoms with Crippen molar-refractivity contribution in [3.05, 3.63) is 63.7 Å². The molecule has 0 aliphatic heterocycles. The van der Waals surface area contributed by atoms with Gasteiger partial charge in [-0.05, 0) is 24.3 Å². The van der Waals surface area contributed by atoms with Crippen LogP contribution in [-0.4, -0.2) is 11.2 Å². The van der Waals surface area contributed by atoms with Gasteiger partial charge in [0.15, 0.2) is 0 Å². The number of alkyl halides is 3. The van der Waals surface area contributed by atoms with E-state index in [-0.39, 0.29) is 17.1 Å². The molecule has 2 aromatic carbocycles. The normalized spacial score (nSPS) is 11.0. The second-order valence-corrected chi connectivity index (χ2v) is 4.23. The van der Waals surface area contributed by atoms with E-state index < -0.39 is 22.4 Å². The lowest BCUT2D eigenvalue weighted by atomic mass is 10.2. The molecule has 0 spiro atoms. The third-order valence-electron chi connectivity index (χ3n) is 2.70. The topological polar surface area (TPSA) is 69.4 Å². The largest absolute Gasteiger partial charge is 0.450 e. The van der Waals surface area contributed by atoms with E-state index in [0.29, 0.717) is 18.4 Å². The summed E-state index contributed by atoms with van der Waals surface area (Å²) < 4.78 is 43.0.